The number of halogens is 1. The topological polar surface area (TPSA) is 68.2 Å². The Hall–Kier alpha value is -1.01. The van der Waals surface area contributed by atoms with Gasteiger partial charge in [0.15, 0.2) is 0 Å². The third-order valence-electron chi connectivity index (χ3n) is 4.18. The second-order valence-electron chi connectivity index (χ2n) is 5.73. The predicted molar refractivity (Wildman–Crippen MR) is 82.1 cm³/mol. The molecule has 1 aliphatic rings. The van der Waals surface area contributed by atoms with Crippen LogP contribution in [0.4, 0.5) is 0 Å². The summed E-state index contributed by atoms with van der Waals surface area (Å²) in [5.41, 5.74) is 0.599. The maximum atomic E-state index is 12.3. The highest BCUT2D eigenvalue weighted by molar-refractivity contribution is 8.13. The molecule has 0 radical (unpaired) electrons. The van der Waals surface area contributed by atoms with E-state index in [1.54, 1.807) is 4.57 Å². The molecule has 1 fully saturated rings. The molecule has 0 aromatic carbocycles. The lowest BCUT2D eigenvalue weighted by atomic mass is 10.0. The summed E-state index contributed by atoms with van der Waals surface area (Å²) in [6.07, 6.45) is 5.55. The van der Waals surface area contributed by atoms with Crippen LogP contribution in [0.1, 0.15) is 50.0 Å². The number of aromatic nitrogens is 1. The lowest BCUT2D eigenvalue weighted by Crippen LogP contribution is -2.31. The maximum Gasteiger partial charge on any atom is 0.267 e. The molecule has 1 N–H and O–H groups in total. The van der Waals surface area contributed by atoms with E-state index in [2.05, 4.69) is 12.2 Å². The molecule has 0 aliphatic heterocycles. The van der Waals surface area contributed by atoms with Crippen molar-refractivity contribution in [2.24, 2.45) is 5.41 Å². The number of amides is 1. The fourth-order valence-electron chi connectivity index (χ4n) is 2.42. The zero-order valence-corrected chi connectivity index (χ0v) is 13.9. The number of carbonyl (C=O) groups is 1. The van der Waals surface area contributed by atoms with Crippen LogP contribution < -0.4 is 5.32 Å². The number of carbonyl (C=O) groups excluding carboxylic acids is 1. The minimum absolute atomic E-state index is 0.0283. The molecule has 0 unspecified atom stereocenters. The van der Waals surface area contributed by atoms with Gasteiger partial charge in [0.2, 0.25) is 0 Å². The third kappa shape index (κ3) is 3.80. The van der Waals surface area contributed by atoms with Crippen LogP contribution in [0.2, 0.25) is 0 Å². The van der Waals surface area contributed by atoms with Gasteiger partial charge in [-0.3, -0.25) is 4.79 Å². The molecular formula is C14H21ClN2O3S. The summed E-state index contributed by atoms with van der Waals surface area (Å²) in [5.74, 6) is -0.241. The highest BCUT2D eigenvalue weighted by Crippen LogP contribution is 2.47. The summed E-state index contributed by atoms with van der Waals surface area (Å²) < 4.78 is 24.5. The van der Waals surface area contributed by atoms with E-state index in [0.29, 0.717) is 18.8 Å². The molecule has 1 aliphatic carbocycles. The van der Waals surface area contributed by atoms with Crippen molar-refractivity contribution in [1.82, 2.24) is 9.88 Å². The maximum absolute atomic E-state index is 12.3. The van der Waals surface area contributed by atoms with Gasteiger partial charge in [-0.2, -0.15) is 0 Å². The first-order chi connectivity index (χ1) is 9.81. The summed E-state index contributed by atoms with van der Waals surface area (Å²) in [6.45, 7) is 5.31. The molecule has 0 atom stereocenters. The number of nitrogens with one attached hydrogen (secondary N) is 1. The van der Waals surface area contributed by atoms with Crippen molar-refractivity contribution in [3.8, 4) is 0 Å². The van der Waals surface area contributed by atoms with E-state index in [9.17, 15) is 13.2 Å². The highest BCUT2D eigenvalue weighted by atomic mass is 35.7. The molecule has 1 heterocycles. The van der Waals surface area contributed by atoms with Crippen molar-refractivity contribution in [3.05, 3.63) is 18.0 Å². The van der Waals surface area contributed by atoms with Gasteiger partial charge < -0.3 is 9.88 Å². The molecule has 7 heteroatoms. The van der Waals surface area contributed by atoms with Gasteiger partial charge in [0, 0.05) is 30.0 Å². The molecule has 5 nitrogen and oxygen atoms in total. The number of hydrogen-bond donors (Lipinski definition) is 1. The smallest absolute Gasteiger partial charge is 0.267 e. The minimum Gasteiger partial charge on any atom is -0.350 e. The summed E-state index contributed by atoms with van der Waals surface area (Å²) in [5, 5.41) is 2.92. The molecule has 118 valence electrons. The van der Waals surface area contributed by atoms with Crippen LogP contribution in [0.3, 0.4) is 0 Å². The largest absolute Gasteiger partial charge is 0.350 e. The van der Waals surface area contributed by atoms with Crippen molar-refractivity contribution in [2.45, 2.75) is 51.0 Å². The molecule has 0 saturated heterocycles. The van der Waals surface area contributed by atoms with Gasteiger partial charge in [-0.1, -0.05) is 13.8 Å². The van der Waals surface area contributed by atoms with Gasteiger partial charge in [-0.15, -0.1) is 0 Å². The molecule has 1 aromatic rings. The Balaban J connectivity index is 2.16. The predicted octanol–water partition coefficient (Wildman–Crippen LogP) is 2.75. The van der Waals surface area contributed by atoms with Crippen LogP contribution >= 0.6 is 10.7 Å². The van der Waals surface area contributed by atoms with E-state index in [1.165, 1.54) is 12.3 Å². The van der Waals surface area contributed by atoms with Gasteiger partial charge >= 0.3 is 0 Å². The standard InChI is InChI=1S/C14H21ClN2O3S/c1-3-7-17-9-11(21(15,19)20)8-12(17)13(18)16-10-14(4-2)5-6-14/h8-9H,3-7,10H2,1-2H3,(H,16,18). The first-order valence-corrected chi connectivity index (χ1v) is 9.55. The second kappa shape index (κ2) is 6.01. The Labute approximate surface area is 130 Å². The fraction of sp³-hybridized carbons (Fsp3) is 0.643. The van der Waals surface area contributed by atoms with Crippen LogP contribution in [-0.2, 0) is 15.6 Å². The normalized spacial score (nSPS) is 16.7. The van der Waals surface area contributed by atoms with Crippen molar-refractivity contribution < 1.29 is 13.2 Å². The van der Waals surface area contributed by atoms with Crippen LogP contribution in [0.5, 0.6) is 0 Å². The molecule has 1 aromatic heterocycles. The molecule has 2 rings (SSSR count). The number of hydrogen-bond acceptors (Lipinski definition) is 3. The lowest BCUT2D eigenvalue weighted by molar-refractivity contribution is 0.0935. The Morgan fingerprint density at radius 2 is 2.10 bits per heavy atom. The number of nitrogens with zero attached hydrogens (tertiary/aromatic N) is 1. The minimum atomic E-state index is -3.82. The molecule has 1 saturated carbocycles. The highest BCUT2D eigenvalue weighted by Gasteiger charge is 2.40. The van der Waals surface area contributed by atoms with Crippen molar-refractivity contribution >= 4 is 25.6 Å². The van der Waals surface area contributed by atoms with Crippen molar-refractivity contribution in [2.75, 3.05) is 6.54 Å². The third-order valence-corrected chi connectivity index (χ3v) is 5.50. The molecule has 0 bridgehead atoms. The molecule has 21 heavy (non-hydrogen) atoms. The van der Waals surface area contributed by atoms with E-state index in [-0.39, 0.29) is 16.2 Å². The van der Waals surface area contributed by atoms with Crippen LogP contribution in [0, 0.1) is 5.41 Å². The number of rotatable bonds is 7. The summed E-state index contributed by atoms with van der Waals surface area (Å²) in [4.78, 5) is 12.3. The summed E-state index contributed by atoms with van der Waals surface area (Å²) in [6, 6.07) is 1.35. The Morgan fingerprint density at radius 3 is 2.57 bits per heavy atom. The van der Waals surface area contributed by atoms with Crippen LogP contribution in [0.25, 0.3) is 0 Å². The SMILES string of the molecule is CCCn1cc(S(=O)(=O)Cl)cc1C(=O)NCC1(CC)CC1. The fourth-order valence-corrected chi connectivity index (χ4v) is 3.18. The Morgan fingerprint density at radius 1 is 1.43 bits per heavy atom. The van der Waals surface area contributed by atoms with Gasteiger partial charge in [-0.05, 0) is 37.2 Å². The van der Waals surface area contributed by atoms with Crippen LogP contribution in [0.15, 0.2) is 17.2 Å². The lowest BCUT2D eigenvalue weighted by Gasteiger charge is -2.14. The first-order valence-electron chi connectivity index (χ1n) is 7.24. The Kier molecular flexibility index (Phi) is 4.68. The van der Waals surface area contributed by atoms with E-state index >= 15 is 0 Å². The summed E-state index contributed by atoms with van der Waals surface area (Å²) >= 11 is 0. The zero-order valence-electron chi connectivity index (χ0n) is 12.4. The van der Waals surface area contributed by atoms with Crippen LogP contribution in [-0.4, -0.2) is 25.4 Å². The second-order valence-corrected chi connectivity index (χ2v) is 8.29. The molecule has 0 spiro atoms. The van der Waals surface area contributed by atoms with Gasteiger partial charge in [0.25, 0.3) is 15.0 Å². The average Bonchev–Trinajstić information content (AvgIpc) is 3.07. The first kappa shape index (κ1) is 16.4. The van der Waals surface area contributed by atoms with E-state index in [4.69, 9.17) is 10.7 Å². The monoisotopic (exact) mass is 332 g/mol. The summed E-state index contributed by atoms with van der Waals surface area (Å²) in [7, 11) is 1.54. The zero-order chi connectivity index (χ0) is 15.7. The van der Waals surface area contributed by atoms with Gasteiger partial charge in [0.05, 0.1) is 0 Å². The quantitative estimate of drug-likeness (QED) is 0.781. The van der Waals surface area contributed by atoms with E-state index in [0.717, 1.165) is 25.7 Å². The molecular weight excluding hydrogens is 312 g/mol. The number of aryl methyl sites for hydroxylation is 1. The average molecular weight is 333 g/mol. The van der Waals surface area contributed by atoms with Crippen molar-refractivity contribution in [1.29, 1.82) is 0 Å². The van der Waals surface area contributed by atoms with Gasteiger partial charge in [-0.25, -0.2) is 8.42 Å². The molecule has 1 amide bonds. The van der Waals surface area contributed by atoms with E-state index < -0.39 is 9.05 Å². The van der Waals surface area contributed by atoms with Crippen molar-refractivity contribution in [3.63, 3.8) is 0 Å². The van der Waals surface area contributed by atoms with E-state index in [1.807, 2.05) is 6.92 Å². The van der Waals surface area contributed by atoms with Gasteiger partial charge in [0.1, 0.15) is 10.6 Å². The Bertz CT molecular complexity index is 633.